The summed E-state index contributed by atoms with van der Waals surface area (Å²) in [5, 5.41) is 59.0. The minimum atomic E-state index is -1.43. The van der Waals surface area contributed by atoms with Crippen LogP contribution in [0.5, 0.6) is 0 Å². The standard InChI is InChI=1S/C9H8O4.C6H12O5.C4H8N2S4/c1-5-6(8(10)11)3-2-4-7(5)9(12)13;1-2-3(7)4(8)5(9)6(10)11-2;7-3(8)5-1-2-6-4(9)10/h2-4H,1H3,(H,10,11)(H,12,13);2-10H,1H3;1-2H2,(H2,5,7,8)(H2,6,9,10)/t;2-,3+,4+,5-,6-;/m.0./s1. The number of aliphatic hydroxyl groups excluding tert-OH is 4. The first kappa shape index (κ1) is 32.4. The van der Waals surface area contributed by atoms with Crippen LogP contribution in [0.2, 0.25) is 0 Å². The molecular weight excluding hydrogens is 528 g/mol. The van der Waals surface area contributed by atoms with Gasteiger partial charge in [0.1, 0.15) is 27.0 Å². The number of carbonyl (C=O) groups is 2. The summed E-state index contributed by atoms with van der Waals surface area (Å²) in [5.41, 5.74) is 0.335. The number of aliphatic hydroxyl groups is 4. The van der Waals surface area contributed by atoms with E-state index in [0.717, 1.165) is 0 Å². The topological polar surface area (TPSA) is 189 Å². The third kappa shape index (κ3) is 11.7. The second-order valence-corrected chi connectivity index (χ2v) is 9.07. The number of thiol groups is 2. The van der Waals surface area contributed by atoms with E-state index in [1.807, 2.05) is 0 Å². The zero-order chi connectivity index (χ0) is 26.6. The van der Waals surface area contributed by atoms with E-state index in [2.05, 4.69) is 65.1 Å². The zero-order valence-corrected chi connectivity index (χ0v) is 21.6. The van der Waals surface area contributed by atoms with E-state index in [0.29, 0.717) is 21.7 Å². The van der Waals surface area contributed by atoms with E-state index in [-0.39, 0.29) is 16.7 Å². The van der Waals surface area contributed by atoms with E-state index in [1.165, 1.54) is 32.0 Å². The molecule has 5 atom stereocenters. The van der Waals surface area contributed by atoms with Crippen molar-refractivity contribution < 1.29 is 45.0 Å². The van der Waals surface area contributed by atoms with Gasteiger partial charge in [-0.2, -0.15) is 0 Å². The molecule has 1 fully saturated rings. The number of aromatic carboxylic acids is 2. The lowest BCUT2D eigenvalue weighted by molar-refractivity contribution is -0.277. The summed E-state index contributed by atoms with van der Waals surface area (Å²) in [6.45, 7) is 4.40. The van der Waals surface area contributed by atoms with Crippen LogP contribution in [0, 0.1) is 6.92 Å². The largest absolute Gasteiger partial charge is 0.478 e. The molecule has 1 heterocycles. The third-order valence-electron chi connectivity index (χ3n) is 4.30. The maximum Gasteiger partial charge on any atom is 0.335 e. The Labute approximate surface area is 218 Å². The summed E-state index contributed by atoms with van der Waals surface area (Å²) >= 11 is 17.0. The molecule has 0 unspecified atom stereocenters. The molecule has 1 saturated heterocycles. The maximum atomic E-state index is 10.6. The Morgan fingerprint density at radius 1 is 0.912 bits per heavy atom. The van der Waals surface area contributed by atoms with E-state index in [1.54, 1.807) is 0 Å². The molecule has 192 valence electrons. The van der Waals surface area contributed by atoms with Crippen LogP contribution in [0.25, 0.3) is 0 Å². The quantitative estimate of drug-likeness (QED) is 0.130. The maximum absolute atomic E-state index is 10.6. The van der Waals surface area contributed by atoms with Gasteiger partial charge < -0.3 is 46.0 Å². The Balaban J connectivity index is 0.000000486. The van der Waals surface area contributed by atoms with Crippen LogP contribution in [-0.4, -0.2) is 95.0 Å². The van der Waals surface area contributed by atoms with Gasteiger partial charge in [-0.15, -0.1) is 25.3 Å². The Morgan fingerprint density at radius 3 is 1.68 bits per heavy atom. The van der Waals surface area contributed by atoms with Crippen LogP contribution in [0.4, 0.5) is 0 Å². The molecule has 34 heavy (non-hydrogen) atoms. The molecule has 0 radical (unpaired) electrons. The predicted octanol–water partition coefficient (Wildman–Crippen LogP) is -0.207. The minimum Gasteiger partial charge on any atom is -0.478 e. The Hall–Kier alpha value is -1.56. The molecule has 0 amide bonds. The second kappa shape index (κ2) is 16.2. The molecular formula is C19H28N2O9S4. The summed E-state index contributed by atoms with van der Waals surface area (Å²) < 4.78 is 5.66. The van der Waals surface area contributed by atoms with Crippen LogP contribution in [-0.2, 0) is 4.74 Å². The van der Waals surface area contributed by atoms with Crippen molar-refractivity contribution >= 4 is 70.3 Å². The van der Waals surface area contributed by atoms with Gasteiger partial charge in [0, 0.05) is 13.1 Å². The van der Waals surface area contributed by atoms with Crippen molar-refractivity contribution in [1.82, 2.24) is 10.6 Å². The summed E-state index contributed by atoms with van der Waals surface area (Å²) in [4.78, 5) is 21.2. The van der Waals surface area contributed by atoms with Crippen molar-refractivity contribution in [2.45, 2.75) is 44.6 Å². The van der Waals surface area contributed by atoms with Crippen molar-refractivity contribution in [1.29, 1.82) is 0 Å². The van der Waals surface area contributed by atoms with E-state index in [9.17, 15) is 9.59 Å². The number of rotatable bonds is 5. The summed E-state index contributed by atoms with van der Waals surface area (Å²) in [7, 11) is 0. The monoisotopic (exact) mass is 556 g/mol. The lowest BCUT2D eigenvalue weighted by Crippen LogP contribution is -2.56. The van der Waals surface area contributed by atoms with Crippen molar-refractivity contribution in [3.63, 3.8) is 0 Å². The zero-order valence-electron chi connectivity index (χ0n) is 18.2. The normalized spacial score (nSPS) is 23.2. The van der Waals surface area contributed by atoms with Gasteiger partial charge in [0.05, 0.1) is 17.2 Å². The number of hydrogen-bond acceptors (Lipinski definition) is 9. The van der Waals surface area contributed by atoms with Crippen molar-refractivity contribution in [2.75, 3.05) is 13.1 Å². The number of carboxylic acid groups (broad SMARTS) is 2. The number of carboxylic acids is 2. The van der Waals surface area contributed by atoms with Crippen molar-refractivity contribution in [3.8, 4) is 0 Å². The third-order valence-corrected chi connectivity index (χ3v) is 4.90. The first-order chi connectivity index (χ1) is 15.7. The van der Waals surface area contributed by atoms with Crippen LogP contribution in [0.3, 0.4) is 0 Å². The van der Waals surface area contributed by atoms with Gasteiger partial charge in [-0.05, 0) is 31.5 Å². The highest BCUT2D eigenvalue weighted by atomic mass is 32.1. The molecule has 11 nitrogen and oxygen atoms in total. The SMILES string of the molecule is C[C@@H]1O[C@H](O)[C@@H](O)[C@H](O)[C@@H]1O.Cc1c(C(=O)O)cccc1C(=O)O.S=C(S)NCCNC(=S)S. The molecule has 1 aliphatic rings. The second-order valence-electron chi connectivity index (χ2n) is 6.76. The van der Waals surface area contributed by atoms with Crippen LogP contribution >= 0.6 is 49.7 Å². The highest BCUT2D eigenvalue weighted by molar-refractivity contribution is 8.11. The fourth-order valence-electron chi connectivity index (χ4n) is 2.47. The van der Waals surface area contributed by atoms with Gasteiger partial charge in [-0.25, -0.2) is 9.59 Å². The molecule has 0 aromatic heterocycles. The number of benzene rings is 1. The smallest absolute Gasteiger partial charge is 0.335 e. The first-order valence-corrected chi connectivity index (χ1v) is 11.3. The lowest BCUT2D eigenvalue weighted by atomic mass is 10.0. The predicted molar refractivity (Wildman–Crippen MR) is 139 cm³/mol. The fourth-order valence-corrected chi connectivity index (χ4v) is 2.89. The minimum absolute atomic E-state index is 0.0277. The molecule has 0 aliphatic carbocycles. The first-order valence-electron chi connectivity index (χ1n) is 9.58. The molecule has 1 aromatic carbocycles. The van der Waals surface area contributed by atoms with E-state index >= 15 is 0 Å². The van der Waals surface area contributed by atoms with E-state index in [4.69, 9.17) is 30.6 Å². The summed E-state index contributed by atoms with van der Waals surface area (Å²) in [6, 6.07) is 4.17. The fraction of sp³-hybridized carbons (Fsp3) is 0.474. The highest BCUT2D eigenvalue weighted by Gasteiger charge is 2.40. The van der Waals surface area contributed by atoms with Crippen molar-refractivity contribution in [2.24, 2.45) is 0 Å². The van der Waals surface area contributed by atoms with E-state index < -0.39 is 42.6 Å². The Bertz CT molecular complexity index is 797. The number of nitrogens with one attached hydrogen (secondary N) is 2. The molecule has 1 aromatic rings. The van der Waals surface area contributed by atoms with Crippen molar-refractivity contribution in [3.05, 3.63) is 34.9 Å². The number of ether oxygens (including phenoxy) is 1. The molecule has 0 saturated carbocycles. The van der Waals surface area contributed by atoms with Gasteiger partial charge in [0.15, 0.2) is 6.29 Å². The lowest BCUT2D eigenvalue weighted by Gasteiger charge is -2.36. The number of hydrogen-bond donors (Lipinski definition) is 10. The van der Waals surface area contributed by atoms with Crippen LogP contribution in [0.1, 0.15) is 33.2 Å². The Kier molecular flexibility index (Phi) is 15.4. The van der Waals surface area contributed by atoms with Gasteiger partial charge in [-0.1, -0.05) is 30.5 Å². The molecule has 2 rings (SSSR count). The highest BCUT2D eigenvalue weighted by Crippen LogP contribution is 2.18. The van der Waals surface area contributed by atoms with Crippen LogP contribution in [0.15, 0.2) is 18.2 Å². The Morgan fingerprint density at radius 2 is 1.32 bits per heavy atom. The number of thiocarbonyl (C=S) groups is 2. The molecule has 8 N–H and O–H groups in total. The van der Waals surface area contributed by atoms with Gasteiger partial charge in [-0.3, -0.25) is 0 Å². The average molecular weight is 557 g/mol. The summed E-state index contributed by atoms with van der Waals surface area (Å²) in [6.07, 6.45) is -5.99. The van der Waals surface area contributed by atoms with Gasteiger partial charge in [0.2, 0.25) is 0 Å². The van der Waals surface area contributed by atoms with Gasteiger partial charge >= 0.3 is 11.9 Å². The molecule has 15 heteroatoms. The molecule has 1 aliphatic heterocycles. The molecule has 0 spiro atoms. The van der Waals surface area contributed by atoms with Crippen LogP contribution < -0.4 is 10.6 Å². The summed E-state index contributed by atoms with van der Waals surface area (Å²) in [5.74, 6) is -2.22. The molecule has 0 bridgehead atoms. The average Bonchev–Trinajstić information content (AvgIpc) is 2.74. The van der Waals surface area contributed by atoms with Gasteiger partial charge in [0.25, 0.3) is 0 Å².